The highest BCUT2D eigenvalue weighted by Gasteiger charge is 2.43. The molecule has 3 rings (SSSR count). The molecule has 3 aliphatic rings. The van der Waals surface area contributed by atoms with Crippen LogP contribution in [0.4, 0.5) is 0 Å². The Hall–Kier alpha value is -0.610. The monoisotopic (exact) mass is 197 g/mol. The maximum Gasteiger partial charge on any atom is 0.228 e. The summed E-state index contributed by atoms with van der Waals surface area (Å²) in [4.78, 5) is 14.0. The van der Waals surface area contributed by atoms with Gasteiger partial charge in [-0.25, -0.2) is 0 Å². The summed E-state index contributed by atoms with van der Waals surface area (Å²) in [5, 5.41) is 0. The topological polar surface area (TPSA) is 38.8 Å². The molecule has 0 aromatic rings. The first-order valence-corrected chi connectivity index (χ1v) is 5.34. The summed E-state index contributed by atoms with van der Waals surface area (Å²) in [5.74, 6) is 0.410. The summed E-state index contributed by atoms with van der Waals surface area (Å²) in [5.41, 5.74) is 0. The van der Waals surface area contributed by atoms with E-state index in [0.717, 1.165) is 32.6 Å². The lowest BCUT2D eigenvalue weighted by atomic mass is 10.1. The van der Waals surface area contributed by atoms with Gasteiger partial charge in [-0.2, -0.15) is 0 Å². The average molecular weight is 197 g/mol. The van der Waals surface area contributed by atoms with Crippen molar-refractivity contribution in [3.05, 3.63) is 0 Å². The van der Waals surface area contributed by atoms with Crippen molar-refractivity contribution in [1.82, 2.24) is 4.90 Å². The second-order valence-electron chi connectivity index (χ2n) is 4.40. The minimum atomic E-state index is 0.120. The van der Waals surface area contributed by atoms with Crippen molar-refractivity contribution in [2.24, 2.45) is 5.92 Å². The van der Waals surface area contributed by atoms with Crippen LogP contribution in [0.1, 0.15) is 12.8 Å². The molecule has 3 fully saturated rings. The normalized spacial score (nSPS) is 40.9. The van der Waals surface area contributed by atoms with E-state index in [1.807, 2.05) is 4.90 Å². The van der Waals surface area contributed by atoms with Gasteiger partial charge in [-0.15, -0.1) is 0 Å². The SMILES string of the molecule is O=C(C1CCOC1)N1CC2CC1CO2. The summed E-state index contributed by atoms with van der Waals surface area (Å²) >= 11 is 0. The summed E-state index contributed by atoms with van der Waals surface area (Å²) in [6, 6.07) is 0.355. The number of amides is 1. The number of ether oxygens (including phenoxy) is 2. The molecule has 4 nitrogen and oxygen atoms in total. The van der Waals surface area contributed by atoms with Crippen LogP contribution in [0.15, 0.2) is 0 Å². The quantitative estimate of drug-likeness (QED) is 0.595. The lowest BCUT2D eigenvalue weighted by molar-refractivity contribution is -0.140. The minimum absolute atomic E-state index is 0.120. The lowest BCUT2D eigenvalue weighted by Gasteiger charge is -2.28. The number of hydrogen-bond acceptors (Lipinski definition) is 3. The first kappa shape index (κ1) is 8.68. The fourth-order valence-corrected chi connectivity index (χ4v) is 2.63. The molecule has 3 aliphatic heterocycles. The second-order valence-corrected chi connectivity index (χ2v) is 4.40. The highest BCUT2D eigenvalue weighted by Crippen LogP contribution is 2.30. The molecule has 0 radical (unpaired) electrons. The fraction of sp³-hybridized carbons (Fsp3) is 0.900. The molecule has 3 unspecified atom stereocenters. The van der Waals surface area contributed by atoms with Crippen LogP contribution in [0.2, 0.25) is 0 Å². The van der Waals surface area contributed by atoms with Gasteiger partial charge in [0, 0.05) is 13.2 Å². The first-order valence-electron chi connectivity index (χ1n) is 5.34. The third-order valence-corrected chi connectivity index (χ3v) is 3.46. The number of fused-ring (bicyclic) bond motifs is 2. The average Bonchev–Trinajstić information content (AvgIpc) is 2.93. The Morgan fingerprint density at radius 1 is 1.36 bits per heavy atom. The van der Waals surface area contributed by atoms with Crippen LogP contribution in [0.5, 0.6) is 0 Å². The Bertz CT molecular complexity index is 250. The molecule has 14 heavy (non-hydrogen) atoms. The molecule has 0 N–H and O–H groups in total. The van der Waals surface area contributed by atoms with E-state index in [9.17, 15) is 4.79 Å². The number of morpholine rings is 1. The Morgan fingerprint density at radius 2 is 2.29 bits per heavy atom. The summed E-state index contributed by atoms with van der Waals surface area (Å²) < 4.78 is 10.7. The van der Waals surface area contributed by atoms with Crippen molar-refractivity contribution in [3.63, 3.8) is 0 Å². The van der Waals surface area contributed by atoms with Crippen molar-refractivity contribution in [3.8, 4) is 0 Å². The lowest BCUT2D eigenvalue weighted by Crippen LogP contribution is -2.44. The van der Waals surface area contributed by atoms with E-state index in [0.29, 0.717) is 24.7 Å². The van der Waals surface area contributed by atoms with Gasteiger partial charge in [0.2, 0.25) is 5.91 Å². The maximum absolute atomic E-state index is 12.0. The molecule has 0 aromatic heterocycles. The number of likely N-dealkylation sites (tertiary alicyclic amines) is 1. The molecular weight excluding hydrogens is 182 g/mol. The zero-order chi connectivity index (χ0) is 9.54. The Morgan fingerprint density at radius 3 is 2.86 bits per heavy atom. The Balaban J connectivity index is 1.67. The van der Waals surface area contributed by atoms with Crippen LogP contribution in [-0.2, 0) is 14.3 Å². The van der Waals surface area contributed by atoms with Gasteiger partial charge < -0.3 is 14.4 Å². The standard InChI is InChI=1S/C10H15NO3/c12-10(7-1-2-13-5-7)11-4-9-3-8(11)6-14-9/h7-9H,1-6H2. The van der Waals surface area contributed by atoms with Crippen LogP contribution in [-0.4, -0.2) is 49.3 Å². The summed E-state index contributed by atoms with van der Waals surface area (Å²) in [7, 11) is 0. The molecule has 2 bridgehead atoms. The molecule has 1 amide bonds. The van der Waals surface area contributed by atoms with Gasteiger partial charge in [-0.1, -0.05) is 0 Å². The second kappa shape index (κ2) is 3.21. The third kappa shape index (κ3) is 1.25. The number of nitrogens with zero attached hydrogens (tertiary/aromatic N) is 1. The predicted molar refractivity (Wildman–Crippen MR) is 48.8 cm³/mol. The zero-order valence-electron chi connectivity index (χ0n) is 8.15. The van der Waals surface area contributed by atoms with Crippen molar-refractivity contribution in [2.45, 2.75) is 25.0 Å². The van der Waals surface area contributed by atoms with Gasteiger partial charge in [0.1, 0.15) is 0 Å². The molecule has 0 aromatic carbocycles. The molecule has 0 saturated carbocycles. The van der Waals surface area contributed by atoms with Crippen LogP contribution >= 0.6 is 0 Å². The molecule has 3 saturated heterocycles. The van der Waals surface area contributed by atoms with Crippen LogP contribution in [0, 0.1) is 5.92 Å². The van der Waals surface area contributed by atoms with Gasteiger partial charge >= 0.3 is 0 Å². The number of carbonyl (C=O) groups excluding carboxylic acids is 1. The van der Waals surface area contributed by atoms with Gasteiger partial charge in [0.05, 0.1) is 31.3 Å². The van der Waals surface area contributed by atoms with Gasteiger partial charge in [0.25, 0.3) is 0 Å². The number of hydrogen-bond donors (Lipinski definition) is 0. The summed E-state index contributed by atoms with van der Waals surface area (Å²) in [6.07, 6.45) is 2.25. The molecule has 78 valence electrons. The van der Waals surface area contributed by atoms with E-state index in [-0.39, 0.29) is 5.92 Å². The highest BCUT2D eigenvalue weighted by molar-refractivity contribution is 5.80. The summed E-state index contributed by atoms with van der Waals surface area (Å²) in [6.45, 7) is 2.91. The largest absolute Gasteiger partial charge is 0.381 e. The molecule has 3 atom stereocenters. The Labute approximate surface area is 83.2 Å². The number of carbonyl (C=O) groups is 1. The maximum atomic E-state index is 12.0. The van der Waals surface area contributed by atoms with E-state index < -0.39 is 0 Å². The predicted octanol–water partition coefficient (Wildman–Crippen LogP) is 0.0226. The van der Waals surface area contributed by atoms with E-state index in [4.69, 9.17) is 9.47 Å². The molecule has 0 aliphatic carbocycles. The first-order chi connectivity index (χ1) is 6.84. The minimum Gasteiger partial charge on any atom is -0.381 e. The van der Waals surface area contributed by atoms with Crippen molar-refractivity contribution in [1.29, 1.82) is 0 Å². The van der Waals surface area contributed by atoms with Crippen LogP contribution < -0.4 is 0 Å². The third-order valence-electron chi connectivity index (χ3n) is 3.46. The van der Waals surface area contributed by atoms with Crippen molar-refractivity contribution >= 4 is 5.91 Å². The van der Waals surface area contributed by atoms with Gasteiger partial charge in [0.15, 0.2) is 0 Å². The van der Waals surface area contributed by atoms with Crippen molar-refractivity contribution in [2.75, 3.05) is 26.4 Å². The van der Waals surface area contributed by atoms with Crippen LogP contribution in [0.25, 0.3) is 0 Å². The molecular formula is C10H15NO3. The van der Waals surface area contributed by atoms with E-state index in [2.05, 4.69) is 0 Å². The zero-order valence-corrected chi connectivity index (χ0v) is 8.15. The van der Waals surface area contributed by atoms with E-state index >= 15 is 0 Å². The van der Waals surface area contributed by atoms with Gasteiger partial charge in [-0.3, -0.25) is 4.79 Å². The molecule has 0 spiro atoms. The molecule has 3 heterocycles. The van der Waals surface area contributed by atoms with Gasteiger partial charge in [-0.05, 0) is 12.8 Å². The highest BCUT2D eigenvalue weighted by atomic mass is 16.5. The van der Waals surface area contributed by atoms with E-state index in [1.54, 1.807) is 0 Å². The number of rotatable bonds is 1. The van der Waals surface area contributed by atoms with Crippen LogP contribution in [0.3, 0.4) is 0 Å². The Kier molecular flexibility index (Phi) is 1.99. The fourth-order valence-electron chi connectivity index (χ4n) is 2.63. The smallest absolute Gasteiger partial charge is 0.228 e. The van der Waals surface area contributed by atoms with Crippen molar-refractivity contribution < 1.29 is 14.3 Å². The van der Waals surface area contributed by atoms with E-state index in [1.165, 1.54) is 0 Å². The molecule has 4 heteroatoms.